The van der Waals surface area contributed by atoms with Gasteiger partial charge in [0, 0.05) is 25.8 Å². The first-order valence-electron chi connectivity index (χ1n) is 8.50. The molecule has 0 saturated carbocycles. The summed E-state index contributed by atoms with van der Waals surface area (Å²) < 4.78 is 24.9. The second-order valence-corrected chi connectivity index (χ2v) is 6.34. The lowest BCUT2D eigenvalue weighted by Gasteiger charge is -2.28. The predicted molar refractivity (Wildman–Crippen MR) is 85.9 cm³/mol. The number of morpholine rings is 1. The van der Waals surface area contributed by atoms with Crippen molar-refractivity contribution >= 4 is 5.91 Å². The van der Waals surface area contributed by atoms with Crippen LogP contribution in [0.15, 0.2) is 18.3 Å². The highest BCUT2D eigenvalue weighted by molar-refractivity contribution is 5.81. The zero-order valence-electron chi connectivity index (χ0n) is 13.9. The van der Waals surface area contributed by atoms with Gasteiger partial charge in [0.25, 0.3) is 0 Å². The minimum absolute atomic E-state index is 0.0701. The van der Waals surface area contributed by atoms with Crippen LogP contribution in [0.4, 0.5) is 4.39 Å². The molecule has 1 N–H and O–H groups in total. The molecule has 24 heavy (non-hydrogen) atoms. The van der Waals surface area contributed by atoms with E-state index in [9.17, 15) is 9.18 Å². The van der Waals surface area contributed by atoms with E-state index in [0.717, 1.165) is 39.3 Å². The largest absolute Gasteiger partial charge is 0.379 e. The average molecular weight is 337 g/mol. The first-order chi connectivity index (χ1) is 11.6. The van der Waals surface area contributed by atoms with Crippen molar-refractivity contribution in [2.45, 2.75) is 38.0 Å². The number of nitrogens with zero attached hydrogens (tertiary/aromatic N) is 2. The van der Waals surface area contributed by atoms with Crippen LogP contribution in [0, 0.1) is 5.82 Å². The smallest absolute Gasteiger partial charge is 0.249 e. The van der Waals surface area contributed by atoms with Crippen LogP contribution in [0.1, 0.15) is 31.5 Å². The van der Waals surface area contributed by atoms with Crippen molar-refractivity contribution in [3.63, 3.8) is 0 Å². The molecular formula is C17H24FN3O3. The Labute approximate surface area is 141 Å². The lowest BCUT2D eigenvalue weighted by Crippen LogP contribution is -2.42. The van der Waals surface area contributed by atoms with E-state index in [1.54, 1.807) is 6.92 Å². The van der Waals surface area contributed by atoms with Gasteiger partial charge in [0.2, 0.25) is 5.91 Å². The zero-order valence-corrected chi connectivity index (χ0v) is 13.9. The molecule has 2 aliphatic rings. The quantitative estimate of drug-likeness (QED) is 0.877. The number of hydrogen-bond acceptors (Lipinski definition) is 5. The number of nitrogens with one attached hydrogen (secondary N) is 1. The predicted octanol–water partition coefficient (Wildman–Crippen LogP) is 1.28. The van der Waals surface area contributed by atoms with Gasteiger partial charge in [0.1, 0.15) is 11.9 Å². The fourth-order valence-corrected chi connectivity index (χ4v) is 3.20. The number of carbonyl (C=O) groups is 1. The third-order valence-electron chi connectivity index (χ3n) is 4.52. The molecule has 0 aromatic carbocycles. The van der Waals surface area contributed by atoms with Crippen molar-refractivity contribution in [1.82, 2.24) is 15.2 Å². The molecule has 0 spiro atoms. The summed E-state index contributed by atoms with van der Waals surface area (Å²) in [5.74, 6) is -0.611. The lowest BCUT2D eigenvalue weighted by atomic mass is 10.1. The molecule has 7 heteroatoms. The van der Waals surface area contributed by atoms with Gasteiger partial charge in [-0.15, -0.1) is 0 Å². The number of ether oxygens (including phenoxy) is 2. The summed E-state index contributed by atoms with van der Waals surface area (Å²) in [6, 6.07) is 2.39. The van der Waals surface area contributed by atoms with Gasteiger partial charge < -0.3 is 14.8 Å². The third-order valence-corrected chi connectivity index (χ3v) is 4.52. The topological polar surface area (TPSA) is 63.7 Å². The SMILES string of the molecule is C[C@@H](NC(=O)[C@@H]1CC[C@H](CN2CCOCC2)O1)c1ncccc1F. The zero-order chi connectivity index (χ0) is 16.9. The normalized spacial score (nSPS) is 26.2. The summed E-state index contributed by atoms with van der Waals surface area (Å²) in [4.78, 5) is 18.7. The maximum atomic E-state index is 13.7. The van der Waals surface area contributed by atoms with E-state index in [1.165, 1.54) is 18.3 Å². The molecule has 1 aromatic rings. The van der Waals surface area contributed by atoms with Crippen LogP contribution in [-0.4, -0.2) is 60.8 Å². The molecule has 0 unspecified atom stereocenters. The Kier molecular flexibility index (Phi) is 5.76. The fraction of sp³-hybridized carbons (Fsp3) is 0.647. The molecule has 2 saturated heterocycles. The Morgan fingerprint density at radius 1 is 1.46 bits per heavy atom. The van der Waals surface area contributed by atoms with Crippen molar-refractivity contribution in [1.29, 1.82) is 0 Å². The van der Waals surface area contributed by atoms with Gasteiger partial charge in [-0.2, -0.15) is 0 Å². The molecule has 1 amide bonds. The summed E-state index contributed by atoms with van der Waals surface area (Å²) in [5, 5.41) is 2.80. The van der Waals surface area contributed by atoms with Gasteiger partial charge in [-0.05, 0) is 31.9 Å². The molecule has 0 aliphatic carbocycles. The molecular weight excluding hydrogens is 313 g/mol. The maximum Gasteiger partial charge on any atom is 0.249 e. The van der Waals surface area contributed by atoms with Crippen molar-refractivity contribution in [2.75, 3.05) is 32.8 Å². The van der Waals surface area contributed by atoms with E-state index >= 15 is 0 Å². The average Bonchev–Trinajstić information content (AvgIpc) is 3.04. The van der Waals surface area contributed by atoms with Gasteiger partial charge in [-0.1, -0.05) is 0 Å². The highest BCUT2D eigenvalue weighted by atomic mass is 19.1. The van der Waals surface area contributed by atoms with Gasteiger partial charge in [-0.3, -0.25) is 14.7 Å². The fourth-order valence-electron chi connectivity index (χ4n) is 3.20. The van der Waals surface area contributed by atoms with Gasteiger partial charge in [0.15, 0.2) is 0 Å². The minimum atomic E-state index is -0.486. The first kappa shape index (κ1) is 17.3. The number of hydrogen-bond donors (Lipinski definition) is 1. The molecule has 6 nitrogen and oxygen atoms in total. The Morgan fingerprint density at radius 2 is 2.25 bits per heavy atom. The maximum absolute atomic E-state index is 13.7. The van der Waals surface area contributed by atoms with E-state index in [-0.39, 0.29) is 17.7 Å². The Balaban J connectivity index is 1.48. The van der Waals surface area contributed by atoms with Crippen LogP contribution in [-0.2, 0) is 14.3 Å². The molecule has 132 valence electrons. The first-order valence-corrected chi connectivity index (χ1v) is 8.50. The highest BCUT2D eigenvalue weighted by Crippen LogP contribution is 2.22. The van der Waals surface area contributed by atoms with Gasteiger partial charge in [-0.25, -0.2) is 4.39 Å². The Hall–Kier alpha value is -1.57. The van der Waals surface area contributed by atoms with E-state index in [4.69, 9.17) is 9.47 Å². The van der Waals surface area contributed by atoms with E-state index < -0.39 is 18.0 Å². The third kappa shape index (κ3) is 4.28. The van der Waals surface area contributed by atoms with E-state index in [0.29, 0.717) is 6.42 Å². The standard InChI is InChI=1S/C17H24FN3O3/c1-12(16-14(18)3-2-6-19-16)20-17(22)15-5-4-13(24-15)11-21-7-9-23-10-8-21/h2-3,6,12-13,15H,4-5,7-11H2,1H3,(H,20,22)/t12-,13-,15+/m1/s1. The summed E-state index contributed by atoms with van der Waals surface area (Å²) in [6.07, 6.45) is 2.68. The van der Waals surface area contributed by atoms with Gasteiger partial charge >= 0.3 is 0 Å². The van der Waals surface area contributed by atoms with Crippen LogP contribution in [0.25, 0.3) is 0 Å². The molecule has 1 aromatic heterocycles. The number of aromatic nitrogens is 1. The number of amides is 1. The number of halogens is 1. The molecule has 3 atom stereocenters. The van der Waals surface area contributed by atoms with Crippen molar-refractivity contribution in [2.24, 2.45) is 0 Å². The number of pyridine rings is 1. The minimum Gasteiger partial charge on any atom is -0.379 e. The number of rotatable bonds is 5. The van der Waals surface area contributed by atoms with Crippen LogP contribution in [0.5, 0.6) is 0 Å². The summed E-state index contributed by atoms with van der Waals surface area (Å²) >= 11 is 0. The van der Waals surface area contributed by atoms with Crippen LogP contribution in [0.2, 0.25) is 0 Å². The second-order valence-electron chi connectivity index (χ2n) is 6.34. The van der Waals surface area contributed by atoms with Crippen LogP contribution < -0.4 is 5.32 Å². The van der Waals surface area contributed by atoms with Crippen molar-refractivity contribution < 1.29 is 18.7 Å². The Morgan fingerprint density at radius 3 is 3.00 bits per heavy atom. The summed E-state index contributed by atoms with van der Waals surface area (Å²) in [7, 11) is 0. The van der Waals surface area contributed by atoms with Gasteiger partial charge in [0.05, 0.1) is 31.1 Å². The summed E-state index contributed by atoms with van der Waals surface area (Å²) in [5.41, 5.74) is 0.244. The van der Waals surface area contributed by atoms with E-state index in [1.807, 2.05) is 0 Å². The lowest BCUT2D eigenvalue weighted by molar-refractivity contribution is -0.133. The van der Waals surface area contributed by atoms with Crippen LogP contribution >= 0.6 is 0 Å². The van der Waals surface area contributed by atoms with E-state index in [2.05, 4.69) is 15.2 Å². The Bertz CT molecular complexity index is 566. The molecule has 3 rings (SSSR count). The summed E-state index contributed by atoms with van der Waals surface area (Å²) in [6.45, 7) is 5.88. The molecule has 2 aliphatic heterocycles. The number of carbonyl (C=O) groups excluding carboxylic acids is 1. The van der Waals surface area contributed by atoms with Crippen molar-refractivity contribution in [3.8, 4) is 0 Å². The monoisotopic (exact) mass is 337 g/mol. The highest BCUT2D eigenvalue weighted by Gasteiger charge is 2.32. The van der Waals surface area contributed by atoms with Crippen molar-refractivity contribution in [3.05, 3.63) is 29.8 Å². The van der Waals surface area contributed by atoms with Crippen LogP contribution in [0.3, 0.4) is 0 Å². The molecule has 0 bridgehead atoms. The molecule has 2 fully saturated rings. The molecule has 3 heterocycles. The molecule has 0 radical (unpaired) electrons. The second kappa shape index (κ2) is 8.00.